The molecule has 6 heteroatoms. The van der Waals surface area contributed by atoms with Gasteiger partial charge in [-0.15, -0.1) is 0 Å². The molecule has 0 saturated heterocycles. The van der Waals surface area contributed by atoms with Gasteiger partial charge in [0.1, 0.15) is 5.65 Å². The Balaban J connectivity index is 2.07. The number of rotatable bonds is 5. The number of aryl methyl sites for hydroxylation is 1. The van der Waals surface area contributed by atoms with E-state index >= 15 is 0 Å². The fourth-order valence-electron chi connectivity index (χ4n) is 2.96. The number of halogens is 1. The highest BCUT2D eigenvalue weighted by atomic mass is 79.9. The molecule has 25 heavy (non-hydrogen) atoms. The minimum Gasteiger partial charge on any atom is -0.324 e. The van der Waals surface area contributed by atoms with E-state index in [9.17, 15) is 4.79 Å². The van der Waals surface area contributed by atoms with Crippen molar-refractivity contribution in [3.8, 4) is 0 Å². The van der Waals surface area contributed by atoms with Crippen LogP contribution in [0.2, 0.25) is 0 Å². The van der Waals surface area contributed by atoms with Gasteiger partial charge in [0.15, 0.2) is 0 Å². The molecule has 1 N–H and O–H groups in total. The molecule has 0 amide bonds. The standard InChI is InChI=1S/C19H21BrN4O/c1-4-15(5-2)24-17(25)9-6-13-11-21-19(23-18(13)24)22-14-7-8-16(20)12(3)10-14/h6-11,15H,4-5H2,1-3H3,(H,21,22,23). The SMILES string of the molecule is CCC(CC)n1c(=O)ccc2cnc(Nc3ccc(Br)c(C)c3)nc21. The number of fused-ring (bicyclic) bond motifs is 1. The second kappa shape index (κ2) is 7.35. The maximum Gasteiger partial charge on any atom is 0.252 e. The molecule has 0 aliphatic heterocycles. The van der Waals surface area contributed by atoms with Gasteiger partial charge in [-0.2, -0.15) is 4.98 Å². The number of benzene rings is 1. The van der Waals surface area contributed by atoms with E-state index in [0.717, 1.165) is 34.0 Å². The van der Waals surface area contributed by atoms with Gasteiger partial charge in [0.25, 0.3) is 5.56 Å². The Bertz CT molecular complexity index is 963. The van der Waals surface area contributed by atoms with Crippen LogP contribution < -0.4 is 10.9 Å². The number of nitrogens with one attached hydrogen (secondary N) is 1. The highest BCUT2D eigenvalue weighted by Gasteiger charge is 2.13. The first-order valence-electron chi connectivity index (χ1n) is 8.45. The largest absolute Gasteiger partial charge is 0.324 e. The second-order valence-electron chi connectivity index (χ2n) is 6.07. The molecule has 0 bridgehead atoms. The summed E-state index contributed by atoms with van der Waals surface area (Å²) in [4.78, 5) is 21.4. The highest BCUT2D eigenvalue weighted by molar-refractivity contribution is 9.10. The van der Waals surface area contributed by atoms with E-state index in [2.05, 4.69) is 45.1 Å². The van der Waals surface area contributed by atoms with E-state index in [1.807, 2.05) is 25.1 Å². The Morgan fingerprint density at radius 3 is 2.64 bits per heavy atom. The van der Waals surface area contributed by atoms with Gasteiger partial charge in [0.2, 0.25) is 5.95 Å². The lowest BCUT2D eigenvalue weighted by Crippen LogP contribution is -2.24. The van der Waals surface area contributed by atoms with Crippen LogP contribution in [-0.2, 0) is 0 Å². The zero-order valence-corrected chi connectivity index (χ0v) is 16.2. The number of nitrogens with zero attached hydrogens (tertiary/aromatic N) is 3. The second-order valence-corrected chi connectivity index (χ2v) is 6.93. The summed E-state index contributed by atoms with van der Waals surface area (Å²) in [6.45, 7) is 6.20. The van der Waals surface area contributed by atoms with E-state index in [4.69, 9.17) is 0 Å². The average molecular weight is 401 g/mol. The molecule has 0 saturated carbocycles. The predicted octanol–water partition coefficient (Wildman–Crippen LogP) is 4.97. The first-order valence-corrected chi connectivity index (χ1v) is 9.24. The van der Waals surface area contributed by atoms with Gasteiger partial charge in [-0.05, 0) is 49.6 Å². The summed E-state index contributed by atoms with van der Waals surface area (Å²) >= 11 is 3.50. The van der Waals surface area contributed by atoms with Crippen LogP contribution in [0, 0.1) is 6.92 Å². The summed E-state index contributed by atoms with van der Waals surface area (Å²) in [6, 6.07) is 9.48. The molecule has 3 rings (SSSR count). The van der Waals surface area contributed by atoms with Gasteiger partial charge in [-0.1, -0.05) is 29.8 Å². The van der Waals surface area contributed by atoms with E-state index < -0.39 is 0 Å². The fourth-order valence-corrected chi connectivity index (χ4v) is 3.20. The van der Waals surface area contributed by atoms with Crippen molar-refractivity contribution in [2.75, 3.05) is 5.32 Å². The predicted molar refractivity (Wildman–Crippen MR) is 106 cm³/mol. The minimum absolute atomic E-state index is 0.0228. The first kappa shape index (κ1) is 17.6. The van der Waals surface area contributed by atoms with Crippen LogP contribution in [-0.4, -0.2) is 14.5 Å². The number of anilines is 2. The van der Waals surface area contributed by atoms with Crippen molar-refractivity contribution in [1.82, 2.24) is 14.5 Å². The van der Waals surface area contributed by atoms with E-state index in [-0.39, 0.29) is 11.6 Å². The van der Waals surface area contributed by atoms with Gasteiger partial charge in [-0.25, -0.2) is 4.98 Å². The van der Waals surface area contributed by atoms with E-state index in [1.165, 1.54) is 0 Å². The molecule has 0 aliphatic rings. The molecule has 0 aliphatic carbocycles. The lowest BCUT2D eigenvalue weighted by molar-refractivity contribution is 0.470. The molecule has 0 spiro atoms. The normalized spacial score (nSPS) is 11.2. The lowest BCUT2D eigenvalue weighted by Gasteiger charge is -2.18. The van der Waals surface area contributed by atoms with Crippen molar-refractivity contribution in [3.05, 3.63) is 56.9 Å². The van der Waals surface area contributed by atoms with Crippen molar-refractivity contribution < 1.29 is 0 Å². The number of aromatic nitrogens is 3. The van der Waals surface area contributed by atoms with Crippen LogP contribution in [0.25, 0.3) is 11.0 Å². The maximum absolute atomic E-state index is 12.4. The molecule has 0 radical (unpaired) electrons. The van der Waals surface area contributed by atoms with Gasteiger partial charge in [-0.3, -0.25) is 9.36 Å². The molecule has 5 nitrogen and oxygen atoms in total. The summed E-state index contributed by atoms with van der Waals surface area (Å²) in [5, 5.41) is 4.09. The maximum atomic E-state index is 12.4. The summed E-state index contributed by atoms with van der Waals surface area (Å²) < 4.78 is 2.84. The molecule has 130 valence electrons. The monoisotopic (exact) mass is 400 g/mol. The van der Waals surface area contributed by atoms with Crippen molar-refractivity contribution >= 4 is 38.6 Å². The molecule has 0 fully saturated rings. The van der Waals surface area contributed by atoms with E-state index in [0.29, 0.717) is 11.6 Å². The molecular formula is C19H21BrN4O. The lowest BCUT2D eigenvalue weighted by atomic mass is 10.1. The fraction of sp³-hybridized carbons (Fsp3) is 0.316. The van der Waals surface area contributed by atoms with Crippen molar-refractivity contribution in [2.24, 2.45) is 0 Å². The molecule has 0 atom stereocenters. The Labute approximate surface area is 155 Å². The Hall–Kier alpha value is -2.21. The van der Waals surface area contributed by atoms with Crippen LogP contribution in [0.1, 0.15) is 38.3 Å². The van der Waals surface area contributed by atoms with Gasteiger partial charge >= 0.3 is 0 Å². The summed E-state index contributed by atoms with van der Waals surface area (Å²) in [5.74, 6) is 0.486. The number of hydrogen-bond acceptors (Lipinski definition) is 4. The minimum atomic E-state index is -0.0228. The zero-order chi connectivity index (χ0) is 18.0. The summed E-state index contributed by atoms with van der Waals surface area (Å²) in [7, 11) is 0. The summed E-state index contributed by atoms with van der Waals surface area (Å²) in [6.07, 6.45) is 3.52. The number of pyridine rings is 1. The van der Waals surface area contributed by atoms with Gasteiger partial charge in [0, 0.05) is 33.9 Å². The van der Waals surface area contributed by atoms with Crippen LogP contribution in [0.5, 0.6) is 0 Å². The van der Waals surface area contributed by atoms with Crippen molar-refractivity contribution in [2.45, 2.75) is 39.7 Å². The third kappa shape index (κ3) is 3.58. The van der Waals surface area contributed by atoms with E-state index in [1.54, 1.807) is 22.9 Å². The molecular weight excluding hydrogens is 380 g/mol. The zero-order valence-electron chi connectivity index (χ0n) is 14.6. The highest BCUT2D eigenvalue weighted by Crippen LogP contribution is 2.23. The van der Waals surface area contributed by atoms with Crippen LogP contribution >= 0.6 is 15.9 Å². The molecule has 2 aromatic heterocycles. The summed E-state index contributed by atoms with van der Waals surface area (Å²) in [5.41, 5.74) is 2.69. The Morgan fingerprint density at radius 2 is 1.96 bits per heavy atom. The first-order chi connectivity index (χ1) is 12.0. The molecule has 0 unspecified atom stereocenters. The van der Waals surface area contributed by atoms with Crippen LogP contribution in [0.15, 0.2) is 45.8 Å². The third-order valence-electron chi connectivity index (χ3n) is 4.39. The Kier molecular flexibility index (Phi) is 5.18. The molecule has 2 heterocycles. The molecule has 1 aromatic carbocycles. The van der Waals surface area contributed by atoms with Gasteiger partial charge < -0.3 is 5.32 Å². The topological polar surface area (TPSA) is 59.8 Å². The number of hydrogen-bond donors (Lipinski definition) is 1. The smallest absolute Gasteiger partial charge is 0.252 e. The van der Waals surface area contributed by atoms with Gasteiger partial charge in [0.05, 0.1) is 0 Å². The quantitative estimate of drug-likeness (QED) is 0.656. The van der Waals surface area contributed by atoms with Crippen molar-refractivity contribution in [1.29, 1.82) is 0 Å². The Morgan fingerprint density at radius 1 is 1.20 bits per heavy atom. The van der Waals surface area contributed by atoms with Crippen molar-refractivity contribution in [3.63, 3.8) is 0 Å². The van der Waals surface area contributed by atoms with Crippen LogP contribution in [0.3, 0.4) is 0 Å². The third-order valence-corrected chi connectivity index (χ3v) is 5.28. The molecule has 3 aromatic rings. The van der Waals surface area contributed by atoms with Crippen LogP contribution in [0.4, 0.5) is 11.6 Å². The average Bonchev–Trinajstić information content (AvgIpc) is 2.61.